The lowest BCUT2D eigenvalue weighted by Crippen LogP contribution is -2.02. The number of thiazole rings is 1. The lowest BCUT2D eigenvalue weighted by molar-refractivity contribution is 0.662. The van der Waals surface area contributed by atoms with Crippen molar-refractivity contribution in [1.82, 2.24) is 19.7 Å². The normalized spacial score (nSPS) is 10.7. The number of anilines is 1. The molecule has 2 rings (SSSR count). The summed E-state index contributed by atoms with van der Waals surface area (Å²) >= 11 is 1.48. The van der Waals surface area contributed by atoms with Gasteiger partial charge in [-0.15, -0.1) is 11.3 Å². The smallest absolute Gasteiger partial charge is 0.180 e. The van der Waals surface area contributed by atoms with Crippen LogP contribution in [0.15, 0.2) is 6.20 Å². The summed E-state index contributed by atoms with van der Waals surface area (Å²) in [6.45, 7) is 4.51. The molecule has 0 spiro atoms. The summed E-state index contributed by atoms with van der Waals surface area (Å²) < 4.78 is 1.85. The molecule has 0 unspecified atom stereocenters. The number of nitrogen functional groups attached to an aromatic ring is 1. The molecule has 74 valence electrons. The van der Waals surface area contributed by atoms with E-state index in [2.05, 4.69) is 15.1 Å². The molecule has 0 amide bonds. The van der Waals surface area contributed by atoms with E-state index in [9.17, 15) is 0 Å². The third-order valence-corrected chi connectivity index (χ3v) is 2.65. The Kier molecular flexibility index (Phi) is 2.20. The molecule has 0 bridgehead atoms. The maximum Gasteiger partial charge on any atom is 0.180 e. The molecule has 0 saturated heterocycles. The first-order chi connectivity index (χ1) is 6.65. The average molecular weight is 209 g/mol. The average Bonchev–Trinajstić information content (AvgIpc) is 2.61. The van der Waals surface area contributed by atoms with Gasteiger partial charge in [0, 0.05) is 11.1 Å². The van der Waals surface area contributed by atoms with E-state index < -0.39 is 0 Å². The van der Waals surface area contributed by atoms with Crippen molar-refractivity contribution in [3.05, 3.63) is 22.7 Å². The quantitative estimate of drug-likeness (QED) is 0.800. The van der Waals surface area contributed by atoms with Crippen molar-refractivity contribution in [2.45, 2.75) is 20.4 Å². The fraction of sp³-hybridized carbons (Fsp3) is 0.375. The Hall–Kier alpha value is -1.43. The van der Waals surface area contributed by atoms with Gasteiger partial charge in [0.2, 0.25) is 0 Å². The highest BCUT2D eigenvalue weighted by Crippen LogP contribution is 2.15. The zero-order valence-electron chi connectivity index (χ0n) is 8.06. The third-order valence-electron chi connectivity index (χ3n) is 1.84. The van der Waals surface area contributed by atoms with Crippen LogP contribution in [0.25, 0.3) is 0 Å². The van der Waals surface area contributed by atoms with Gasteiger partial charge >= 0.3 is 0 Å². The van der Waals surface area contributed by atoms with Crippen LogP contribution in [0.5, 0.6) is 0 Å². The Bertz CT molecular complexity index is 444. The number of aromatic nitrogens is 4. The van der Waals surface area contributed by atoms with Crippen molar-refractivity contribution in [2.24, 2.45) is 0 Å². The van der Waals surface area contributed by atoms with Gasteiger partial charge in [-0.25, -0.2) is 14.6 Å². The Balaban J connectivity index is 2.22. The number of nitrogens with two attached hydrogens (primary N) is 1. The van der Waals surface area contributed by atoms with Crippen LogP contribution in [0, 0.1) is 13.8 Å². The molecule has 6 heteroatoms. The zero-order valence-corrected chi connectivity index (χ0v) is 8.88. The number of nitrogens with zero attached hydrogens (tertiary/aromatic N) is 4. The highest BCUT2D eigenvalue weighted by molar-refractivity contribution is 7.15. The second-order valence-electron chi connectivity index (χ2n) is 3.03. The van der Waals surface area contributed by atoms with Gasteiger partial charge in [0.1, 0.15) is 11.6 Å². The lowest BCUT2D eigenvalue weighted by Gasteiger charge is -1.98. The second kappa shape index (κ2) is 3.38. The van der Waals surface area contributed by atoms with Crippen LogP contribution in [-0.2, 0) is 6.54 Å². The van der Waals surface area contributed by atoms with Crippen molar-refractivity contribution >= 4 is 16.5 Å². The molecule has 0 aliphatic carbocycles. The standard InChI is InChI=1S/C8H11N5S/c1-5-11-6(2)13(12-5)4-7-3-10-8(9)14-7/h3H,4H2,1-2H3,(H2,9,10). The molecule has 0 atom stereocenters. The van der Waals surface area contributed by atoms with Crippen LogP contribution < -0.4 is 5.73 Å². The van der Waals surface area contributed by atoms with E-state index >= 15 is 0 Å². The first-order valence-corrected chi connectivity index (χ1v) is 5.05. The van der Waals surface area contributed by atoms with E-state index in [0.29, 0.717) is 11.7 Å². The largest absolute Gasteiger partial charge is 0.375 e. The van der Waals surface area contributed by atoms with Crippen molar-refractivity contribution in [3.63, 3.8) is 0 Å². The molecule has 5 nitrogen and oxygen atoms in total. The van der Waals surface area contributed by atoms with E-state index in [-0.39, 0.29) is 0 Å². The minimum atomic E-state index is 0.592. The predicted molar refractivity (Wildman–Crippen MR) is 55.1 cm³/mol. The molecule has 2 aromatic rings. The van der Waals surface area contributed by atoms with Crippen LogP contribution in [0.1, 0.15) is 16.5 Å². The predicted octanol–water partition coefficient (Wildman–Crippen LogP) is 0.982. The van der Waals surface area contributed by atoms with Crippen molar-refractivity contribution < 1.29 is 0 Å². The molecule has 2 heterocycles. The van der Waals surface area contributed by atoms with Crippen LogP contribution in [0.4, 0.5) is 5.13 Å². The summed E-state index contributed by atoms with van der Waals surface area (Å²) in [5.74, 6) is 1.70. The summed E-state index contributed by atoms with van der Waals surface area (Å²) in [5.41, 5.74) is 5.54. The Morgan fingerprint density at radius 3 is 2.79 bits per heavy atom. The Morgan fingerprint density at radius 1 is 1.50 bits per heavy atom. The highest BCUT2D eigenvalue weighted by atomic mass is 32.1. The SMILES string of the molecule is Cc1nc(C)n(Cc2cnc(N)s2)n1. The molecule has 2 N–H and O–H groups in total. The van der Waals surface area contributed by atoms with Gasteiger partial charge in [0.25, 0.3) is 0 Å². The molecule has 14 heavy (non-hydrogen) atoms. The summed E-state index contributed by atoms with van der Waals surface area (Å²) in [6, 6.07) is 0. The number of hydrogen-bond donors (Lipinski definition) is 1. The first kappa shape index (κ1) is 9.14. The molecule has 0 radical (unpaired) electrons. The molecule has 0 aromatic carbocycles. The highest BCUT2D eigenvalue weighted by Gasteiger charge is 2.05. The molecule has 0 saturated carbocycles. The molecule has 2 aromatic heterocycles. The molecule has 0 aliphatic heterocycles. The monoisotopic (exact) mass is 209 g/mol. The zero-order chi connectivity index (χ0) is 10.1. The van der Waals surface area contributed by atoms with Crippen molar-refractivity contribution in [1.29, 1.82) is 0 Å². The van der Waals surface area contributed by atoms with E-state index in [1.807, 2.05) is 18.5 Å². The lowest BCUT2D eigenvalue weighted by atomic mass is 10.5. The summed E-state index contributed by atoms with van der Waals surface area (Å²) in [7, 11) is 0. The van der Waals surface area contributed by atoms with Crippen LogP contribution in [0.3, 0.4) is 0 Å². The molecule has 0 fully saturated rings. The van der Waals surface area contributed by atoms with Gasteiger partial charge in [-0.05, 0) is 13.8 Å². The number of rotatable bonds is 2. The fourth-order valence-corrected chi connectivity index (χ4v) is 1.92. The number of aryl methyl sites for hydroxylation is 2. The number of hydrogen-bond acceptors (Lipinski definition) is 5. The molecular weight excluding hydrogens is 198 g/mol. The third kappa shape index (κ3) is 1.74. The van der Waals surface area contributed by atoms with E-state index in [1.165, 1.54) is 11.3 Å². The van der Waals surface area contributed by atoms with Gasteiger partial charge in [0.15, 0.2) is 5.13 Å². The molecular formula is C8H11N5S. The van der Waals surface area contributed by atoms with Crippen LogP contribution in [-0.4, -0.2) is 19.7 Å². The minimum absolute atomic E-state index is 0.592. The van der Waals surface area contributed by atoms with Crippen LogP contribution in [0.2, 0.25) is 0 Å². The van der Waals surface area contributed by atoms with Gasteiger partial charge < -0.3 is 5.73 Å². The van der Waals surface area contributed by atoms with E-state index in [1.54, 1.807) is 6.20 Å². The van der Waals surface area contributed by atoms with Gasteiger partial charge in [-0.1, -0.05) is 0 Å². The fourth-order valence-electron chi connectivity index (χ4n) is 1.25. The van der Waals surface area contributed by atoms with Crippen molar-refractivity contribution in [2.75, 3.05) is 5.73 Å². The summed E-state index contributed by atoms with van der Waals surface area (Å²) in [6.07, 6.45) is 1.77. The summed E-state index contributed by atoms with van der Waals surface area (Å²) in [4.78, 5) is 9.30. The molecule has 0 aliphatic rings. The van der Waals surface area contributed by atoms with Crippen LogP contribution >= 0.6 is 11.3 Å². The van der Waals surface area contributed by atoms with Gasteiger partial charge in [0.05, 0.1) is 6.54 Å². The Morgan fingerprint density at radius 2 is 2.29 bits per heavy atom. The van der Waals surface area contributed by atoms with E-state index in [4.69, 9.17) is 5.73 Å². The Labute approximate surface area is 85.6 Å². The van der Waals surface area contributed by atoms with E-state index in [0.717, 1.165) is 16.5 Å². The first-order valence-electron chi connectivity index (χ1n) is 4.23. The minimum Gasteiger partial charge on any atom is -0.375 e. The topological polar surface area (TPSA) is 69.6 Å². The summed E-state index contributed by atoms with van der Waals surface area (Å²) in [5, 5.41) is 4.85. The van der Waals surface area contributed by atoms with Gasteiger partial charge in [-0.3, -0.25) is 0 Å². The maximum absolute atomic E-state index is 5.54. The second-order valence-corrected chi connectivity index (χ2v) is 4.18. The van der Waals surface area contributed by atoms with Crippen molar-refractivity contribution in [3.8, 4) is 0 Å². The maximum atomic E-state index is 5.54. The van der Waals surface area contributed by atoms with Gasteiger partial charge in [-0.2, -0.15) is 5.10 Å².